The Labute approximate surface area is 113 Å². The van der Waals surface area contributed by atoms with Gasteiger partial charge in [-0.05, 0) is 63.1 Å². The molecule has 0 saturated carbocycles. The Morgan fingerprint density at radius 2 is 1.94 bits per heavy atom. The van der Waals surface area contributed by atoms with E-state index in [1.807, 2.05) is 12.1 Å². The first kappa shape index (κ1) is 13.2. The van der Waals surface area contributed by atoms with Crippen LogP contribution in [0, 0.1) is 20.8 Å². The smallest absolute Gasteiger partial charge is 0.0499 e. The van der Waals surface area contributed by atoms with E-state index < -0.39 is 0 Å². The van der Waals surface area contributed by atoms with Gasteiger partial charge in [-0.2, -0.15) is 0 Å². The SMILES string of the molecule is Cc1c(Cl)cccc1-n1c(C)cc(CCN)c1C. The lowest BCUT2D eigenvalue weighted by Gasteiger charge is -2.14. The second-order valence-electron chi connectivity index (χ2n) is 4.65. The highest BCUT2D eigenvalue weighted by Gasteiger charge is 2.12. The van der Waals surface area contributed by atoms with E-state index in [9.17, 15) is 0 Å². The van der Waals surface area contributed by atoms with Gasteiger partial charge in [0.15, 0.2) is 0 Å². The summed E-state index contributed by atoms with van der Waals surface area (Å²) in [5.74, 6) is 0. The van der Waals surface area contributed by atoms with E-state index in [0.29, 0.717) is 6.54 Å². The van der Waals surface area contributed by atoms with Crippen LogP contribution in [0.4, 0.5) is 0 Å². The third kappa shape index (κ3) is 2.18. The van der Waals surface area contributed by atoms with Gasteiger partial charge in [0, 0.05) is 22.1 Å². The summed E-state index contributed by atoms with van der Waals surface area (Å²) in [4.78, 5) is 0. The summed E-state index contributed by atoms with van der Waals surface area (Å²) in [5.41, 5.74) is 11.7. The van der Waals surface area contributed by atoms with Crippen LogP contribution in [0.15, 0.2) is 24.3 Å². The minimum Gasteiger partial charge on any atom is -0.330 e. The van der Waals surface area contributed by atoms with Crippen molar-refractivity contribution >= 4 is 11.6 Å². The highest BCUT2D eigenvalue weighted by Crippen LogP contribution is 2.27. The van der Waals surface area contributed by atoms with Crippen molar-refractivity contribution in [1.82, 2.24) is 4.57 Å². The van der Waals surface area contributed by atoms with Gasteiger partial charge in [0.2, 0.25) is 0 Å². The lowest BCUT2D eigenvalue weighted by Crippen LogP contribution is -2.05. The predicted octanol–water partition coefficient (Wildman–Crippen LogP) is 3.56. The summed E-state index contributed by atoms with van der Waals surface area (Å²) < 4.78 is 2.26. The molecule has 1 heterocycles. The number of aromatic nitrogens is 1. The molecule has 2 N–H and O–H groups in total. The molecule has 0 radical (unpaired) electrons. The molecule has 0 unspecified atom stereocenters. The van der Waals surface area contributed by atoms with Gasteiger partial charge >= 0.3 is 0 Å². The quantitative estimate of drug-likeness (QED) is 0.901. The maximum atomic E-state index is 6.20. The minimum atomic E-state index is 0.679. The van der Waals surface area contributed by atoms with Crippen LogP contribution >= 0.6 is 11.6 Å². The van der Waals surface area contributed by atoms with Crippen LogP contribution in [-0.2, 0) is 6.42 Å². The molecule has 0 atom stereocenters. The number of rotatable bonds is 3. The molecule has 0 spiro atoms. The van der Waals surface area contributed by atoms with Gasteiger partial charge in [-0.1, -0.05) is 17.7 Å². The van der Waals surface area contributed by atoms with Crippen LogP contribution in [0.2, 0.25) is 5.02 Å². The number of nitrogens with zero attached hydrogens (tertiary/aromatic N) is 1. The average Bonchev–Trinajstić information content (AvgIpc) is 2.60. The highest BCUT2D eigenvalue weighted by atomic mass is 35.5. The normalized spacial score (nSPS) is 10.9. The van der Waals surface area contributed by atoms with Gasteiger partial charge in [-0.25, -0.2) is 0 Å². The Hall–Kier alpha value is -1.25. The molecule has 0 amide bonds. The molecule has 2 aromatic rings. The Morgan fingerprint density at radius 1 is 1.22 bits per heavy atom. The van der Waals surface area contributed by atoms with Crippen LogP contribution in [0.3, 0.4) is 0 Å². The average molecular weight is 263 g/mol. The van der Waals surface area contributed by atoms with Crippen molar-refractivity contribution in [2.75, 3.05) is 6.54 Å². The van der Waals surface area contributed by atoms with Crippen molar-refractivity contribution in [3.05, 3.63) is 51.8 Å². The first-order valence-electron chi connectivity index (χ1n) is 6.19. The summed E-state index contributed by atoms with van der Waals surface area (Å²) in [6.45, 7) is 6.99. The fraction of sp³-hybridized carbons (Fsp3) is 0.333. The van der Waals surface area contributed by atoms with Crippen LogP contribution in [0.1, 0.15) is 22.5 Å². The minimum absolute atomic E-state index is 0.679. The number of halogens is 1. The summed E-state index contributed by atoms with van der Waals surface area (Å²) in [6.07, 6.45) is 0.916. The molecule has 18 heavy (non-hydrogen) atoms. The Bertz CT molecular complexity index is 570. The second kappa shape index (κ2) is 5.17. The fourth-order valence-electron chi connectivity index (χ4n) is 2.45. The van der Waals surface area contributed by atoms with E-state index in [2.05, 4.69) is 37.5 Å². The van der Waals surface area contributed by atoms with Crippen molar-refractivity contribution < 1.29 is 0 Å². The molecular formula is C15H19ClN2. The van der Waals surface area contributed by atoms with E-state index in [4.69, 9.17) is 17.3 Å². The molecule has 0 aliphatic heterocycles. The monoisotopic (exact) mass is 262 g/mol. The molecule has 2 nitrogen and oxygen atoms in total. The summed E-state index contributed by atoms with van der Waals surface area (Å²) in [6, 6.07) is 8.23. The molecular weight excluding hydrogens is 244 g/mol. The Balaban J connectivity index is 2.60. The van der Waals surface area contributed by atoms with Crippen LogP contribution in [-0.4, -0.2) is 11.1 Å². The standard InChI is InChI=1S/C15H19ClN2/c1-10-9-13(7-8-17)12(3)18(10)15-6-4-5-14(16)11(15)2/h4-6,9H,7-8,17H2,1-3H3. The van der Waals surface area contributed by atoms with Crippen molar-refractivity contribution in [3.8, 4) is 5.69 Å². The van der Waals surface area contributed by atoms with Crippen molar-refractivity contribution in [1.29, 1.82) is 0 Å². The maximum absolute atomic E-state index is 6.20. The number of nitrogens with two attached hydrogens (primary N) is 1. The van der Waals surface area contributed by atoms with Crippen LogP contribution < -0.4 is 5.73 Å². The zero-order chi connectivity index (χ0) is 13.3. The first-order chi connectivity index (χ1) is 8.56. The number of benzene rings is 1. The summed E-state index contributed by atoms with van der Waals surface area (Å²) in [5, 5.41) is 0.806. The number of hydrogen-bond donors (Lipinski definition) is 1. The van der Waals surface area contributed by atoms with Crippen molar-refractivity contribution in [2.45, 2.75) is 27.2 Å². The predicted molar refractivity (Wildman–Crippen MR) is 77.7 cm³/mol. The topological polar surface area (TPSA) is 30.9 Å². The van der Waals surface area contributed by atoms with E-state index in [1.54, 1.807) is 0 Å². The van der Waals surface area contributed by atoms with Crippen LogP contribution in [0.25, 0.3) is 5.69 Å². The van der Waals surface area contributed by atoms with Gasteiger partial charge in [-0.3, -0.25) is 0 Å². The Morgan fingerprint density at radius 3 is 2.61 bits per heavy atom. The van der Waals surface area contributed by atoms with E-state index >= 15 is 0 Å². The first-order valence-corrected chi connectivity index (χ1v) is 6.57. The van der Waals surface area contributed by atoms with Crippen molar-refractivity contribution in [2.24, 2.45) is 5.73 Å². The molecule has 1 aromatic carbocycles. The molecule has 0 fully saturated rings. The van der Waals surface area contributed by atoms with Gasteiger partial charge in [-0.15, -0.1) is 0 Å². The zero-order valence-corrected chi connectivity index (χ0v) is 11.9. The lowest BCUT2D eigenvalue weighted by molar-refractivity contribution is 0.916. The van der Waals surface area contributed by atoms with E-state index in [1.165, 1.54) is 17.0 Å². The van der Waals surface area contributed by atoms with E-state index in [-0.39, 0.29) is 0 Å². The third-order valence-electron chi connectivity index (χ3n) is 3.43. The summed E-state index contributed by atoms with van der Waals surface area (Å²) in [7, 11) is 0. The lowest BCUT2D eigenvalue weighted by atomic mass is 10.1. The molecule has 0 bridgehead atoms. The van der Waals surface area contributed by atoms with Gasteiger partial charge in [0.05, 0.1) is 0 Å². The molecule has 0 aliphatic rings. The number of aryl methyl sites for hydroxylation is 1. The van der Waals surface area contributed by atoms with Gasteiger partial charge in [0.25, 0.3) is 0 Å². The van der Waals surface area contributed by atoms with E-state index in [0.717, 1.165) is 22.7 Å². The Kier molecular flexibility index (Phi) is 3.79. The second-order valence-corrected chi connectivity index (χ2v) is 5.06. The largest absolute Gasteiger partial charge is 0.330 e. The molecule has 96 valence electrons. The molecule has 0 saturated heterocycles. The fourth-order valence-corrected chi connectivity index (χ4v) is 2.62. The molecule has 3 heteroatoms. The van der Waals surface area contributed by atoms with Crippen molar-refractivity contribution in [3.63, 3.8) is 0 Å². The zero-order valence-electron chi connectivity index (χ0n) is 11.1. The highest BCUT2D eigenvalue weighted by molar-refractivity contribution is 6.31. The van der Waals surface area contributed by atoms with Gasteiger partial charge < -0.3 is 10.3 Å². The molecule has 2 rings (SSSR count). The third-order valence-corrected chi connectivity index (χ3v) is 3.84. The molecule has 0 aliphatic carbocycles. The van der Waals surface area contributed by atoms with Crippen LogP contribution in [0.5, 0.6) is 0 Å². The number of hydrogen-bond acceptors (Lipinski definition) is 1. The van der Waals surface area contributed by atoms with Gasteiger partial charge in [0.1, 0.15) is 0 Å². The maximum Gasteiger partial charge on any atom is 0.0499 e. The summed E-state index contributed by atoms with van der Waals surface area (Å²) >= 11 is 6.20. The molecule has 1 aromatic heterocycles.